The van der Waals surface area contributed by atoms with E-state index in [1.54, 1.807) is 4.68 Å². The van der Waals surface area contributed by atoms with Crippen molar-refractivity contribution in [2.75, 3.05) is 0 Å². The molecular formula is C21H24N4O2. The molecule has 1 aliphatic carbocycles. The Morgan fingerprint density at radius 3 is 2.48 bits per heavy atom. The van der Waals surface area contributed by atoms with Gasteiger partial charge in [0, 0.05) is 5.92 Å². The van der Waals surface area contributed by atoms with E-state index >= 15 is 0 Å². The third-order valence-electron chi connectivity index (χ3n) is 4.75. The molecule has 3 aromatic rings. The van der Waals surface area contributed by atoms with E-state index in [0.717, 1.165) is 35.3 Å². The molecule has 140 valence electrons. The molecule has 0 amide bonds. The lowest BCUT2D eigenvalue weighted by atomic mass is 10.1. The van der Waals surface area contributed by atoms with Crippen molar-refractivity contribution in [2.24, 2.45) is 0 Å². The predicted molar refractivity (Wildman–Crippen MR) is 103 cm³/mol. The molecule has 0 N–H and O–H groups in total. The maximum Gasteiger partial charge on any atom is 0.357 e. The molecule has 0 atom stereocenters. The van der Waals surface area contributed by atoms with Gasteiger partial charge in [0.25, 0.3) is 0 Å². The zero-order chi connectivity index (χ0) is 19.2. The summed E-state index contributed by atoms with van der Waals surface area (Å²) in [5.41, 5.74) is 4.26. The number of para-hydroxylation sites is 2. The number of fused-ring (bicyclic) bond motifs is 1. The fourth-order valence-corrected chi connectivity index (χ4v) is 3.10. The monoisotopic (exact) mass is 364 g/mol. The summed E-state index contributed by atoms with van der Waals surface area (Å²) in [6.45, 7) is 8.08. The molecule has 1 aromatic carbocycles. The summed E-state index contributed by atoms with van der Waals surface area (Å²) < 4.78 is 7.37. The Bertz CT molecular complexity index is 1010. The van der Waals surface area contributed by atoms with E-state index < -0.39 is 0 Å². The zero-order valence-corrected chi connectivity index (χ0v) is 16.2. The van der Waals surface area contributed by atoms with Crippen LogP contribution in [0, 0.1) is 6.92 Å². The van der Waals surface area contributed by atoms with Crippen LogP contribution < -0.4 is 0 Å². The highest BCUT2D eigenvalue weighted by molar-refractivity contribution is 5.88. The number of ether oxygens (including phenoxy) is 1. The molecule has 1 aliphatic rings. The van der Waals surface area contributed by atoms with Crippen molar-refractivity contribution in [1.82, 2.24) is 19.7 Å². The van der Waals surface area contributed by atoms with Crippen molar-refractivity contribution >= 4 is 17.0 Å². The lowest BCUT2D eigenvalue weighted by molar-refractivity contribution is 0.0444. The first-order chi connectivity index (χ1) is 12.8. The summed E-state index contributed by atoms with van der Waals surface area (Å²) in [7, 11) is 0. The second-order valence-electron chi connectivity index (χ2n) is 8.13. The lowest BCUT2D eigenvalue weighted by Crippen LogP contribution is -2.28. The number of benzene rings is 1. The minimum absolute atomic E-state index is 0.0938. The molecule has 1 fully saturated rings. The van der Waals surface area contributed by atoms with Crippen molar-refractivity contribution in [1.29, 1.82) is 0 Å². The van der Waals surface area contributed by atoms with Crippen LogP contribution in [0.1, 0.15) is 67.1 Å². The van der Waals surface area contributed by atoms with E-state index in [9.17, 15) is 4.79 Å². The van der Waals surface area contributed by atoms with Gasteiger partial charge in [0.1, 0.15) is 12.3 Å². The van der Waals surface area contributed by atoms with Crippen LogP contribution in [-0.4, -0.2) is 25.7 Å². The van der Waals surface area contributed by atoms with E-state index in [4.69, 9.17) is 4.74 Å². The van der Waals surface area contributed by atoms with Crippen molar-refractivity contribution in [3.05, 3.63) is 53.1 Å². The molecule has 4 rings (SSSR count). The van der Waals surface area contributed by atoms with E-state index in [-0.39, 0.29) is 18.1 Å². The number of rotatable bonds is 4. The third-order valence-corrected chi connectivity index (χ3v) is 4.75. The summed E-state index contributed by atoms with van der Waals surface area (Å²) in [6.07, 6.45) is 2.28. The van der Waals surface area contributed by atoms with Crippen molar-refractivity contribution in [3.63, 3.8) is 0 Å². The Labute approximate surface area is 158 Å². The minimum Gasteiger partial charge on any atom is -0.454 e. The first-order valence-electron chi connectivity index (χ1n) is 9.33. The number of esters is 1. The Balaban J connectivity index is 1.57. The Morgan fingerprint density at radius 2 is 1.85 bits per heavy atom. The predicted octanol–water partition coefficient (Wildman–Crippen LogP) is 4.12. The van der Waals surface area contributed by atoms with Crippen LogP contribution in [0.25, 0.3) is 11.0 Å². The quantitative estimate of drug-likeness (QED) is 0.651. The van der Waals surface area contributed by atoms with Crippen LogP contribution in [0.4, 0.5) is 0 Å². The number of nitrogens with zero attached hydrogens (tertiary/aromatic N) is 4. The number of hydrogen-bond donors (Lipinski definition) is 0. The van der Waals surface area contributed by atoms with E-state index in [0.29, 0.717) is 17.3 Å². The SMILES string of the molecule is Cc1nc2ccccc2nc1COC(=O)c1cc(C2CC2)nn1C(C)(C)C. The molecular weight excluding hydrogens is 340 g/mol. The van der Waals surface area contributed by atoms with Gasteiger partial charge >= 0.3 is 5.97 Å². The minimum atomic E-state index is -0.376. The number of aromatic nitrogens is 4. The van der Waals surface area contributed by atoms with Gasteiger partial charge in [-0.05, 0) is 58.7 Å². The average Bonchev–Trinajstić information content (AvgIpc) is 3.36. The summed E-state index contributed by atoms with van der Waals surface area (Å²) in [6, 6.07) is 9.56. The summed E-state index contributed by atoms with van der Waals surface area (Å²) in [5.74, 6) is 0.104. The number of aryl methyl sites for hydroxylation is 1. The van der Waals surface area contributed by atoms with E-state index in [2.05, 4.69) is 15.1 Å². The number of hydrogen-bond acceptors (Lipinski definition) is 5. The third kappa shape index (κ3) is 3.56. The normalized spacial score (nSPS) is 14.5. The van der Waals surface area contributed by atoms with Gasteiger partial charge in [-0.3, -0.25) is 4.68 Å². The fraction of sp³-hybridized carbons (Fsp3) is 0.429. The van der Waals surface area contributed by atoms with Crippen LogP contribution in [0.3, 0.4) is 0 Å². The van der Waals surface area contributed by atoms with Crippen LogP contribution in [-0.2, 0) is 16.9 Å². The van der Waals surface area contributed by atoms with Gasteiger partial charge < -0.3 is 4.74 Å². The van der Waals surface area contributed by atoms with Gasteiger partial charge in [0.05, 0.1) is 33.7 Å². The highest BCUT2D eigenvalue weighted by atomic mass is 16.5. The molecule has 0 saturated heterocycles. The van der Waals surface area contributed by atoms with Gasteiger partial charge in [0.2, 0.25) is 0 Å². The number of carbonyl (C=O) groups excluding carboxylic acids is 1. The standard InChI is InChI=1S/C21H24N4O2/c1-13-18(23-16-8-6-5-7-15(16)22-13)12-27-20(26)19-11-17(14-9-10-14)24-25(19)21(2,3)4/h5-8,11,14H,9-10,12H2,1-4H3. The van der Waals surface area contributed by atoms with Crippen molar-refractivity contribution < 1.29 is 9.53 Å². The molecule has 6 nitrogen and oxygen atoms in total. The maximum atomic E-state index is 12.8. The van der Waals surface area contributed by atoms with E-state index in [1.165, 1.54) is 0 Å². The maximum absolute atomic E-state index is 12.8. The zero-order valence-electron chi connectivity index (χ0n) is 16.2. The first kappa shape index (κ1) is 17.6. The molecule has 1 saturated carbocycles. The molecule has 2 heterocycles. The van der Waals surface area contributed by atoms with E-state index in [1.807, 2.05) is 58.0 Å². The number of carbonyl (C=O) groups is 1. The van der Waals surface area contributed by atoms with Crippen LogP contribution in [0.2, 0.25) is 0 Å². The smallest absolute Gasteiger partial charge is 0.357 e. The second kappa shape index (κ2) is 6.44. The van der Waals surface area contributed by atoms with Crippen LogP contribution >= 0.6 is 0 Å². The molecule has 0 aliphatic heterocycles. The highest BCUT2D eigenvalue weighted by Crippen LogP contribution is 2.40. The Hall–Kier alpha value is -2.76. The molecule has 2 aromatic heterocycles. The topological polar surface area (TPSA) is 69.9 Å². The molecule has 27 heavy (non-hydrogen) atoms. The molecule has 0 radical (unpaired) electrons. The molecule has 0 unspecified atom stereocenters. The van der Waals surface area contributed by atoms with Crippen LogP contribution in [0.5, 0.6) is 0 Å². The fourth-order valence-electron chi connectivity index (χ4n) is 3.10. The summed E-state index contributed by atoms with van der Waals surface area (Å²) in [5, 5.41) is 4.67. The van der Waals surface area contributed by atoms with Crippen molar-refractivity contribution in [3.8, 4) is 0 Å². The summed E-state index contributed by atoms with van der Waals surface area (Å²) >= 11 is 0. The van der Waals surface area contributed by atoms with Gasteiger partial charge in [-0.1, -0.05) is 12.1 Å². The molecule has 0 bridgehead atoms. The molecule has 6 heteroatoms. The largest absolute Gasteiger partial charge is 0.454 e. The van der Waals surface area contributed by atoms with Crippen LogP contribution in [0.15, 0.2) is 30.3 Å². The van der Waals surface area contributed by atoms with Gasteiger partial charge in [-0.15, -0.1) is 0 Å². The Kier molecular flexibility index (Phi) is 4.21. The Morgan fingerprint density at radius 1 is 1.19 bits per heavy atom. The van der Waals surface area contributed by atoms with Gasteiger partial charge in [0.15, 0.2) is 0 Å². The highest BCUT2D eigenvalue weighted by Gasteiger charge is 2.31. The molecule has 0 spiro atoms. The van der Waals surface area contributed by atoms with Gasteiger partial charge in [-0.25, -0.2) is 14.8 Å². The summed E-state index contributed by atoms with van der Waals surface area (Å²) in [4.78, 5) is 21.9. The second-order valence-corrected chi connectivity index (χ2v) is 8.13. The first-order valence-corrected chi connectivity index (χ1v) is 9.33. The van der Waals surface area contributed by atoms with Gasteiger partial charge in [-0.2, -0.15) is 5.10 Å². The van der Waals surface area contributed by atoms with Crippen molar-refractivity contribution in [2.45, 2.75) is 58.6 Å². The average molecular weight is 364 g/mol. The lowest BCUT2D eigenvalue weighted by Gasteiger charge is -2.21.